The first-order valence-corrected chi connectivity index (χ1v) is 13.9. The number of hydrogen-bond donors (Lipinski definition) is 2. The Kier molecular flexibility index (Phi) is 6.39. The molecule has 0 unspecified atom stereocenters. The summed E-state index contributed by atoms with van der Waals surface area (Å²) in [5, 5.41) is 18.3. The monoisotopic (exact) mass is 542 g/mol. The number of nitrogens with one attached hydrogen (secondary N) is 1. The second-order valence-corrected chi connectivity index (χ2v) is 12.0. The number of rotatable bonds is 6. The third-order valence-electron chi connectivity index (χ3n) is 8.51. The zero-order chi connectivity index (χ0) is 28.3. The van der Waals surface area contributed by atoms with E-state index in [2.05, 4.69) is 53.0 Å². The summed E-state index contributed by atoms with van der Waals surface area (Å²) in [5.74, 6) is 0.603. The van der Waals surface area contributed by atoms with Crippen LogP contribution in [0.1, 0.15) is 49.0 Å². The number of pyridine rings is 1. The van der Waals surface area contributed by atoms with Crippen LogP contribution >= 0.6 is 0 Å². The largest absolute Gasteiger partial charge is 0.392 e. The van der Waals surface area contributed by atoms with Crippen molar-refractivity contribution in [1.29, 1.82) is 0 Å². The molecule has 0 fully saturated rings. The van der Waals surface area contributed by atoms with E-state index in [0.717, 1.165) is 59.8 Å². The highest BCUT2D eigenvalue weighted by Gasteiger charge is 2.35. The minimum absolute atomic E-state index is 0.162. The van der Waals surface area contributed by atoms with Crippen LogP contribution in [0.3, 0.4) is 0 Å². The highest BCUT2D eigenvalue weighted by molar-refractivity contribution is 5.75. The van der Waals surface area contributed by atoms with E-state index in [1.165, 1.54) is 11.3 Å². The molecule has 3 aromatic rings. The van der Waals surface area contributed by atoms with E-state index in [0.29, 0.717) is 42.3 Å². The van der Waals surface area contributed by atoms with Gasteiger partial charge in [-0.2, -0.15) is 5.10 Å². The lowest BCUT2D eigenvalue weighted by Crippen LogP contribution is -2.33. The first-order chi connectivity index (χ1) is 19.1. The number of aryl methyl sites for hydroxylation is 1. The highest BCUT2D eigenvalue weighted by atomic mass is 16.5. The predicted molar refractivity (Wildman–Crippen MR) is 157 cm³/mol. The fourth-order valence-electron chi connectivity index (χ4n) is 6.37. The van der Waals surface area contributed by atoms with E-state index in [-0.39, 0.29) is 12.2 Å². The van der Waals surface area contributed by atoms with Crippen LogP contribution in [0.5, 0.6) is 0 Å². The number of ether oxygens (including phenoxy) is 1. The van der Waals surface area contributed by atoms with Gasteiger partial charge in [0.15, 0.2) is 5.82 Å². The van der Waals surface area contributed by atoms with E-state index >= 15 is 0 Å². The Morgan fingerprint density at radius 1 is 1.20 bits per heavy atom. The summed E-state index contributed by atoms with van der Waals surface area (Å²) in [5.41, 5.74) is 9.50. The summed E-state index contributed by atoms with van der Waals surface area (Å²) >= 11 is 0. The van der Waals surface area contributed by atoms with Crippen LogP contribution < -0.4 is 10.9 Å². The molecular formula is C31H38N6O3. The van der Waals surface area contributed by atoms with E-state index in [1.54, 1.807) is 17.8 Å². The van der Waals surface area contributed by atoms with Crippen molar-refractivity contribution in [2.75, 3.05) is 25.1 Å². The van der Waals surface area contributed by atoms with Crippen LogP contribution in [0.15, 0.2) is 53.6 Å². The molecule has 9 heteroatoms. The molecule has 2 aliphatic heterocycles. The van der Waals surface area contributed by atoms with Crippen LogP contribution in [-0.4, -0.2) is 48.7 Å². The highest BCUT2D eigenvalue weighted by Crippen LogP contribution is 2.42. The number of aromatic nitrogens is 4. The normalized spacial score (nSPS) is 18.2. The molecule has 0 aromatic carbocycles. The fourth-order valence-corrected chi connectivity index (χ4v) is 6.37. The maximum Gasteiger partial charge on any atom is 0.274 e. The van der Waals surface area contributed by atoms with Crippen LogP contribution in [-0.2, 0) is 44.3 Å². The zero-order valence-corrected chi connectivity index (χ0v) is 23.9. The van der Waals surface area contributed by atoms with Gasteiger partial charge in [-0.25, -0.2) is 0 Å². The first-order valence-electron chi connectivity index (χ1n) is 13.9. The molecule has 0 bridgehead atoms. The SMILES string of the molecule is C=C(C(CO)=C(C)c1cc(Nc2cc3n(n2)CCOC3)c(=O)n(C)c1)N1CCn2c(cc3c2CC(C)(C)C3)C1=C. The van der Waals surface area contributed by atoms with Crippen molar-refractivity contribution >= 4 is 22.8 Å². The van der Waals surface area contributed by atoms with Crippen molar-refractivity contribution in [3.05, 3.63) is 87.4 Å². The van der Waals surface area contributed by atoms with E-state index in [4.69, 9.17) is 4.74 Å². The molecular weight excluding hydrogens is 504 g/mol. The van der Waals surface area contributed by atoms with Crippen molar-refractivity contribution in [3.63, 3.8) is 0 Å². The lowest BCUT2D eigenvalue weighted by atomic mass is 9.90. The van der Waals surface area contributed by atoms with Crippen molar-refractivity contribution in [3.8, 4) is 0 Å². The number of aliphatic hydroxyl groups excluding tert-OH is 1. The van der Waals surface area contributed by atoms with Gasteiger partial charge in [0.2, 0.25) is 0 Å². The van der Waals surface area contributed by atoms with E-state index in [9.17, 15) is 9.90 Å². The molecule has 3 aliphatic rings. The predicted octanol–water partition coefficient (Wildman–Crippen LogP) is 4.05. The number of anilines is 2. The minimum Gasteiger partial charge on any atom is -0.392 e. The van der Waals surface area contributed by atoms with Crippen molar-refractivity contribution < 1.29 is 9.84 Å². The maximum absolute atomic E-state index is 13.0. The molecule has 0 saturated heterocycles. The molecule has 6 rings (SSSR count). The van der Waals surface area contributed by atoms with Gasteiger partial charge in [0, 0.05) is 49.4 Å². The summed E-state index contributed by atoms with van der Waals surface area (Å²) in [7, 11) is 1.73. The third kappa shape index (κ3) is 4.43. The van der Waals surface area contributed by atoms with E-state index in [1.807, 2.05) is 23.7 Å². The van der Waals surface area contributed by atoms with Crippen LogP contribution in [0.25, 0.3) is 11.3 Å². The van der Waals surface area contributed by atoms with Crippen LogP contribution in [0.2, 0.25) is 0 Å². The number of nitrogens with zero attached hydrogens (tertiary/aromatic N) is 5. The summed E-state index contributed by atoms with van der Waals surface area (Å²) in [6.45, 7) is 18.7. The second-order valence-electron chi connectivity index (χ2n) is 12.0. The quantitative estimate of drug-likeness (QED) is 0.457. The summed E-state index contributed by atoms with van der Waals surface area (Å²) < 4.78 is 11.4. The number of aliphatic hydroxyl groups is 1. The Morgan fingerprint density at radius 2 is 2.00 bits per heavy atom. The van der Waals surface area contributed by atoms with Gasteiger partial charge in [0.25, 0.3) is 5.56 Å². The molecule has 0 radical (unpaired) electrons. The Balaban J connectivity index is 1.29. The van der Waals surface area contributed by atoms with E-state index < -0.39 is 0 Å². The summed E-state index contributed by atoms with van der Waals surface area (Å²) in [6.07, 6.45) is 3.95. The van der Waals surface area contributed by atoms with Gasteiger partial charge in [-0.05, 0) is 54.0 Å². The van der Waals surface area contributed by atoms with Gasteiger partial charge in [0.1, 0.15) is 5.69 Å². The van der Waals surface area contributed by atoms with Crippen molar-refractivity contribution in [2.24, 2.45) is 12.5 Å². The van der Waals surface area contributed by atoms with Gasteiger partial charge in [-0.3, -0.25) is 9.48 Å². The van der Waals surface area contributed by atoms with Crippen molar-refractivity contribution in [1.82, 2.24) is 23.8 Å². The molecule has 0 atom stereocenters. The molecule has 0 saturated carbocycles. The average Bonchev–Trinajstić information content (AvgIpc) is 3.56. The third-order valence-corrected chi connectivity index (χ3v) is 8.51. The Bertz CT molecular complexity index is 1610. The molecule has 9 nitrogen and oxygen atoms in total. The lowest BCUT2D eigenvalue weighted by Gasteiger charge is -2.36. The topological polar surface area (TPSA) is 89.5 Å². The van der Waals surface area contributed by atoms with Crippen LogP contribution in [0.4, 0.5) is 11.5 Å². The smallest absolute Gasteiger partial charge is 0.274 e. The zero-order valence-electron chi connectivity index (χ0n) is 23.9. The Hall–Kier alpha value is -3.82. The summed E-state index contributed by atoms with van der Waals surface area (Å²) in [6, 6.07) is 6.01. The van der Waals surface area contributed by atoms with Gasteiger partial charge in [-0.1, -0.05) is 27.0 Å². The Labute approximate surface area is 234 Å². The van der Waals surface area contributed by atoms with Gasteiger partial charge in [0.05, 0.1) is 43.5 Å². The lowest BCUT2D eigenvalue weighted by molar-refractivity contribution is 0.0801. The molecule has 210 valence electrons. The molecule has 2 N–H and O–H groups in total. The first kappa shape index (κ1) is 26.4. The number of allylic oxidation sites excluding steroid dienone is 1. The van der Waals surface area contributed by atoms with Gasteiger partial charge < -0.3 is 29.2 Å². The number of fused-ring (bicyclic) bond motifs is 4. The number of hydrogen-bond acceptors (Lipinski definition) is 6. The van der Waals surface area contributed by atoms with Gasteiger partial charge in [-0.15, -0.1) is 0 Å². The van der Waals surface area contributed by atoms with Crippen LogP contribution in [0, 0.1) is 5.41 Å². The molecule has 40 heavy (non-hydrogen) atoms. The van der Waals surface area contributed by atoms with Crippen molar-refractivity contribution in [2.45, 2.75) is 53.3 Å². The minimum atomic E-state index is -0.181. The molecule has 0 amide bonds. The molecule has 3 aromatic heterocycles. The second kappa shape index (κ2) is 9.67. The molecule has 1 aliphatic carbocycles. The van der Waals surface area contributed by atoms with Gasteiger partial charge >= 0.3 is 0 Å². The molecule has 5 heterocycles. The summed E-state index contributed by atoms with van der Waals surface area (Å²) in [4.78, 5) is 15.1. The Morgan fingerprint density at radius 3 is 2.75 bits per heavy atom. The average molecular weight is 543 g/mol. The molecule has 0 spiro atoms. The fraction of sp³-hybridized carbons (Fsp3) is 0.419. The standard InChI is InChI=1S/C31H38N6O3/c1-19(23-11-26(30(39)34(6)16-23)32-29-13-24-18-40-10-9-37(24)33-29)25(17-38)20(2)35-7-8-36-27(21(35)3)12-22-14-31(4,5)15-28(22)36/h11-13,16,38H,2-3,7-10,14-15,17-18H2,1,4-6H3,(H,32,33). The maximum atomic E-state index is 13.0.